The molecule has 3 heteroatoms. The Hall–Kier alpha value is 0.190. The molecule has 0 N–H and O–H groups in total. The predicted molar refractivity (Wildman–Crippen MR) is 38.4 cm³/mol. The lowest BCUT2D eigenvalue weighted by Crippen LogP contribution is -1.96. The Labute approximate surface area is 57.8 Å². The van der Waals surface area contributed by atoms with Crippen LogP contribution in [0.3, 0.4) is 0 Å². The van der Waals surface area contributed by atoms with Crippen LogP contribution in [-0.2, 0) is 0 Å². The second-order valence-electron chi connectivity index (χ2n) is 1.55. The SMILES string of the molecule is N#CCC1CS[CH]S1. The van der Waals surface area contributed by atoms with Crippen molar-refractivity contribution in [1.82, 2.24) is 0 Å². The lowest BCUT2D eigenvalue weighted by atomic mass is 10.4. The van der Waals surface area contributed by atoms with Gasteiger partial charge in [0.25, 0.3) is 0 Å². The molecule has 1 saturated heterocycles. The fourth-order valence-corrected chi connectivity index (χ4v) is 2.82. The molecule has 43 valence electrons. The molecule has 0 aromatic heterocycles. The van der Waals surface area contributed by atoms with Crippen molar-refractivity contribution in [2.75, 3.05) is 5.75 Å². The summed E-state index contributed by atoms with van der Waals surface area (Å²) < 4.78 is 0. The molecule has 1 radical (unpaired) electrons. The number of thioether (sulfide) groups is 2. The first-order valence-corrected chi connectivity index (χ1v) is 4.38. The van der Waals surface area contributed by atoms with Crippen LogP contribution in [0.15, 0.2) is 0 Å². The Balaban J connectivity index is 2.17. The fourth-order valence-electron chi connectivity index (χ4n) is 0.513. The van der Waals surface area contributed by atoms with Crippen LogP contribution in [0.1, 0.15) is 6.42 Å². The van der Waals surface area contributed by atoms with E-state index in [1.54, 1.807) is 11.8 Å². The third-order valence-corrected chi connectivity index (χ3v) is 3.43. The highest BCUT2D eigenvalue weighted by Gasteiger charge is 2.14. The van der Waals surface area contributed by atoms with Gasteiger partial charge in [-0.05, 0) is 0 Å². The van der Waals surface area contributed by atoms with E-state index in [1.807, 2.05) is 11.8 Å². The molecule has 1 heterocycles. The van der Waals surface area contributed by atoms with Crippen molar-refractivity contribution in [3.63, 3.8) is 0 Å². The summed E-state index contributed by atoms with van der Waals surface area (Å²) in [5.41, 5.74) is 0. The standard InChI is InChI=1S/C5H6NS2/c6-2-1-5-3-7-4-8-5/h4-5H,1,3H2. The molecular weight excluding hydrogens is 138 g/mol. The maximum atomic E-state index is 8.24. The average Bonchev–Trinajstić information content (AvgIpc) is 2.19. The number of hydrogen-bond acceptors (Lipinski definition) is 3. The van der Waals surface area contributed by atoms with Crippen LogP contribution in [0.25, 0.3) is 0 Å². The molecule has 0 amide bonds. The van der Waals surface area contributed by atoms with Gasteiger partial charge in [0.2, 0.25) is 0 Å². The van der Waals surface area contributed by atoms with Gasteiger partial charge in [-0.3, -0.25) is 0 Å². The molecular formula is C5H6NS2. The first kappa shape index (κ1) is 6.31. The molecule has 1 aliphatic rings. The zero-order valence-corrected chi connectivity index (χ0v) is 5.97. The van der Waals surface area contributed by atoms with E-state index in [0.717, 1.165) is 5.75 Å². The fraction of sp³-hybridized carbons (Fsp3) is 0.600. The number of nitrogens with zero attached hydrogens (tertiary/aromatic N) is 1. The zero-order chi connectivity index (χ0) is 5.82. The third kappa shape index (κ3) is 1.61. The van der Waals surface area contributed by atoms with Crippen LogP contribution in [-0.4, -0.2) is 11.0 Å². The van der Waals surface area contributed by atoms with Crippen molar-refractivity contribution in [2.24, 2.45) is 0 Å². The second kappa shape index (κ2) is 3.26. The van der Waals surface area contributed by atoms with Crippen LogP contribution in [0.2, 0.25) is 0 Å². The normalized spacial score (nSPS) is 27.6. The second-order valence-corrected chi connectivity index (χ2v) is 3.93. The minimum absolute atomic E-state index is 0.574. The Bertz CT molecular complexity index is 101. The highest BCUT2D eigenvalue weighted by Crippen LogP contribution is 2.35. The van der Waals surface area contributed by atoms with Crippen molar-refractivity contribution < 1.29 is 0 Å². The summed E-state index contributed by atoms with van der Waals surface area (Å²) in [5, 5.41) is 10.9. The van der Waals surface area contributed by atoms with Crippen molar-refractivity contribution in [2.45, 2.75) is 11.7 Å². The predicted octanol–water partition coefficient (Wildman–Crippen LogP) is 1.87. The number of rotatable bonds is 1. The van der Waals surface area contributed by atoms with Gasteiger partial charge in [0, 0.05) is 17.4 Å². The Morgan fingerprint density at radius 3 is 3.25 bits per heavy atom. The van der Waals surface area contributed by atoms with Crippen molar-refractivity contribution in [3.8, 4) is 6.07 Å². The third-order valence-electron chi connectivity index (χ3n) is 0.917. The van der Waals surface area contributed by atoms with Gasteiger partial charge in [-0.15, -0.1) is 23.5 Å². The molecule has 0 aromatic carbocycles. The van der Waals surface area contributed by atoms with Crippen LogP contribution < -0.4 is 0 Å². The van der Waals surface area contributed by atoms with Crippen molar-refractivity contribution >= 4 is 23.5 Å². The monoisotopic (exact) mass is 144 g/mol. The van der Waals surface area contributed by atoms with Gasteiger partial charge in [0.05, 0.1) is 11.2 Å². The number of hydrogen-bond donors (Lipinski definition) is 0. The lowest BCUT2D eigenvalue weighted by molar-refractivity contribution is 1.02. The van der Waals surface area contributed by atoms with E-state index < -0.39 is 0 Å². The van der Waals surface area contributed by atoms with Crippen LogP contribution in [0.4, 0.5) is 0 Å². The molecule has 0 aromatic rings. The summed E-state index contributed by atoms with van der Waals surface area (Å²) in [6.07, 6.45) is 0.703. The molecule has 0 spiro atoms. The minimum Gasteiger partial charge on any atom is -0.198 e. The Kier molecular flexibility index (Phi) is 2.57. The quantitative estimate of drug-likeness (QED) is 0.561. The molecule has 1 aliphatic heterocycles. The Morgan fingerprint density at radius 2 is 2.75 bits per heavy atom. The molecule has 0 bridgehead atoms. The van der Waals surface area contributed by atoms with Gasteiger partial charge in [-0.25, -0.2) is 0 Å². The van der Waals surface area contributed by atoms with E-state index in [4.69, 9.17) is 5.26 Å². The molecule has 1 rings (SSSR count). The zero-order valence-electron chi connectivity index (χ0n) is 4.33. The minimum atomic E-state index is 0.574. The highest BCUT2D eigenvalue weighted by molar-refractivity contribution is 8.22. The van der Waals surface area contributed by atoms with E-state index >= 15 is 0 Å². The van der Waals surface area contributed by atoms with E-state index in [2.05, 4.69) is 11.2 Å². The van der Waals surface area contributed by atoms with Gasteiger partial charge in [0.15, 0.2) is 0 Å². The first-order chi connectivity index (χ1) is 3.93. The van der Waals surface area contributed by atoms with Gasteiger partial charge < -0.3 is 0 Å². The van der Waals surface area contributed by atoms with Crippen molar-refractivity contribution in [1.29, 1.82) is 5.26 Å². The smallest absolute Gasteiger partial charge is 0.0716 e. The Morgan fingerprint density at radius 1 is 1.88 bits per heavy atom. The summed E-state index contributed by atoms with van der Waals surface area (Å²) in [6.45, 7) is 0. The molecule has 1 nitrogen and oxygen atoms in total. The van der Waals surface area contributed by atoms with Gasteiger partial charge in [-0.1, -0.05) is 0 Å². The summed E-state index contributed by atoms with van der Waals surface area (Å²) in [4.78, 5) is 0. The van der Waals surface area contributed by atoms with Crippen LogP contribution in [0, 0.1) is 16.4 Å². The maximum Gasteiger partial charge on any atom is 0.0716 e. The maximum absolute atomic E-state index is 8.24. The van der Waals surface area contributed by atoms with E-state index in [0.29, 0.717) is 11.7 Å². The average molecular weight is 144 g/mol. The van der Waals surface area contributed by atoms with E-state index in [9.17, 15) is 0 Å². The molecule has 1 fully saturated rings. The summed E-state index contributed by atoms with van der Waals surface area (Å²) in [6, 6.07) is 2.16. The van der Waals surface area contributed by atoms with Gasteiger partial charge in [-0.2, -0.15) is 5.26 Å². The van der Waals surface area contributed by atoms with Gasteiger partial charge in [0.1, 0.15) is 0 Å². The summed E-state index contributed by atoms with van der Waals surface area (Å²) in [7, 11) is 0. The summed E-state index contributed by atoms with van der Waals surface area (Å²) in [5.74, 6) is 1.12. The summed E-state index contributed by atoms with van der Waals surface area (Å²) >= 11 is 3.59. The molecule has 1 atom stereocenters. The first-order valence-electron chi connectivity index (χ1n) is 2.39. The molecule has 0 aliphatic carbocycles. The highest BCUT2D eigenvalue weighted by atomic mass is 32.2. The molecule has 0 saturated carbocycles. The van der Waals surface area contributed by atoms with Crippen molar-refractivity contribution in [3.05, 3.63) is 5.08 Å². The van der Waals surface area contributed by atoms with E-state index in [-0.39, 0.29) is 0 Å². The lowest BCUT2D eigenvalue weighted by Gasteiger charge is -1.95. The topological polar surface area (TPSA) is 23.8 Å². The largest absolute Gasteiger partial charge is 0.198 e. The van der Waals surface area contributed by atoms with Crippen LogP contribution in [0.5, 0.6) is 0 Å². The molecule has 1 unspecified atom stereocenters. The van der Waals surface area contributed by atoms with Crippen LogP contribution >= 0.6 is 23.5 Å². The van der Waals surface area contributed by atoms with E-state index in [1.165, 1.54) is 0 Å². The van der Waals surface area contributed by atoms with Gasteiger partial charge >= 0.3 is 0 Å². The molecule has 8 heavy (non-hydrogen) atoms. The number of nitriles is 1.